The van der Waals surface area contributed by atoms with E-state index in [-0.39, 0.29) is 5.91 Å². The third-order valence-electron chi connectivity index (χ3n) is 4.52. The van der Waals surface area contributed by atoms with Crippen molar-refractivity contribution >= 4 is 27.3 Å². The van der Waals surface area contributed by atoms with Gasteiger partial charge >= 0.3 is 0 Å². The molecule has 1 aliphatic carbocycles. The number of benzene rings is 1. The van der Waals surface area contributed by atoms with Crippen LogP contribution in [0.3, 0.4) is 0 Å². The number of nitrogens with one attached hydrogen (secondary N) is 2. The molecule has 7 nitrogen and oxygen atoms in total. The molecular weight excluding hydrogens is 352 g/mol. The molecule has 2 N–H and O–H groups in total. The van der Waals surface area contributed by atoms with Crippen molar-refractivity contribution in [3.63, 3.8) is 0 Å². The lowest BCUT2D eigenvalue weighted by Gasteiger charge is -2.20. The Kier molecular flexibility index (Phi) is 5.31. The van der Waals surface area contributed by atoms with Gasteiger partial charge in [-0.05, 0) is 31.0 Å². The molecule has 1 heterocycles. The molecule has 3 rings (SSSR count). The van der Waals surface area contributed by atoms with Crippen LogP contribution in [0.4, 0.5) is 11.4 Å². The van der Waals surface area contributed by atoms with E-state index in [2.05, 4.69) is 15.1 Å². The summed E-state index contributed by atoms with van der Waals surface area (Å²) >= 11 is 0. The van der Waals surface area contributed by atoms with Crippen LogP contribution in [-0.2, 0) is 17.1 Å². The standard InChI is InChI=1S/C18H24N4O3S/c1-22-12-16(17(20-22)13-7-4-3-5-8-13)18(23)19-14-9-6-10-15(11-14)21-26(2,24)25/h6,9-13,21H,3-5,7-8H2,1-2H3,(H,19,23). The van der Waals surface area contributed by atoms with Crippen molar-refractivity contribution in [3.05, 3.63) is 41.7 Å². The summed E-state index contributed by atoms with van der Waals surface area (Å²) in [6.07, 6.45) is 8.53. The SMILES string of the molecule is Cn1cc(C(=O)Nc2cccc(NS(C)(=O)=O)c2)c(C2CCCCC2)n1. The van der Waals surface area contributed by atoms with Gasteiger partial charge < -0.3 is 5.32 Å². The first kappa shape index (κ1) is 18.4. The largest absolute Gasteiger partial charge is 0.322 e. The first-order valence-electron chi connectivity index (χ1n) is 8.74. The number of aryl methyl sites for hydroxylation is 1. The molecule has 26 heavy (non-hydrogen) atoms. The molecular formula is C18H24N4O3S. The minimum Gasteiger partial charge on any atom is -0.322 e. The van der Waals surface area contributed by atoms with Crippen molar-refractivity contribution < 1.29 is 13.2 Å². The van der Waals surface area contributed by atoms with E-state index in [1.54, 1.807) is 35.1 Å². The molecule has 0 unspecified atom stereocenters. The topological polar surface area (TPSA) is 93.1 Å². The number of aromatic nitrogens is 2. The summed E-state index contributed by atoms with van der Waals surface area (Å²) in [7, 11) is -1.55. The number of sulfonamides is 1. The van der Waals surface area contributed by atoms with Gasteiger partial charge in [0.05, 0.1) is 23.2 Å². The molecule has 2 aromatic rings. The van der Waals surface area contributed by atoms with E-state index in [0.29, 0.717) is 22.9 Å². The fourth-order valence-electron chi connectivity index (χ4n) is 3.43. The normalized spacial score (nSPS) is 15.6. The third-order valence-corrected chi connectivity index (χ3v) is 5.12. The highest BCUT2D eigenvalue weighted by Crippen LogP contribution is 2.33. The van der Waals surface area contributed by atoms with E-state index in [1.165, 1.54) is 19.3 Å². The summed E-state index contributed by atoms with van der Waals surface area (Å²) < 4.78 is 26.8. The summed E-state index contributed by atoms with van der Waals surface area (Å²) in [5.41, 5.74) is 2.38. The zero-order chi connectivity index (χ0) is 18.7. The van der Waals surface area contributed by atoms with Crippen LogP contribution in [0, 0.1) is 0 Å². The van der Waals surface area contributed by atoms with E-state index in [9.17, 15) is 13.2 Å². The summed E-state index contributed by atoms with van der Waals surface area (Å²) in [5, 5.41) is 7.38. The molecule has 0 aliphatic heterocycles. The van der Waals surface area contributed by atoms with Crippen LogP contribution in [0.25, 0.3) is 0 Å². The van der Waals surface area contributed by atoms with Gasteiger partial charge in [0.2, 0.25) is 10.0 Å². The second-order valence-electron chi connectivity index (χ2n) is 6.85. The highest BCUT2D eigenvalue weighted by molar-refractivity contribution is 7.92. The third kappa shape index (κ3) is 4.63. The number of rotatable bonds is 5. The first-order valence-corrected chi connectivity index (χ1v) is 10.6. The Bertz CT molecular complexity index is 899. The van der Waals surface area contributed by atoms with Crippen LogP contribution in [0.15, 0.2) is 30.5 Å². The average Bonchev–Trinajstić information content (AvgIpc) is 2.96. The lowest BCUT2D eigenvalue weighted by atomic mass is 9.85. The number of amides is 1. The van der Waals surface area contributed by atoms with Crippen LogP contribution >= 0.6 is 0 Å². The average molecular weight is 376 g/mol. The molecule has 1 fully saturated rings. The molecule has 1 saturated carbocycles. The maximum absolute atomic E-state index is 12.8. The summed E-state index contributed by atoms with van der Waals surface area (Å²) in [6, 6.07) is 6.64. The quantitative estimate of drug-likeness (QED) is 0.838. The van der Waals surface area contributed by atoms with Gasteiger partial charge in [-0.2, -0.15) is 5.10 Å². The summed E-state index contributed by atoms with van der Waals surface area (Å²) in [4.78, 5) is 12.8. The predicted octanol–water partition coefficient (Wildman–Crippen LogP) is 3.09. The Labute approximate surface area is 153 Å². The van der Waals surface area contributed by atoms with Crippen LogP contribution in [0.5, 0.6) is 0 Å². The molecule has 0 spiro atoms. The highest BCUT2D eigenvalue weighted by Gasteiger charge is 2.25. The maximum Gasteiger partial charge on any atom is 0.259 e. The van der Waals surface area contributed by atoms with Gasteiger partial charge in [0.15, 0.2) is 0 Å². The number of hydrogen-bond acceptors (Lipinski definition) is 4. The first-order chi connectivity index (χ1) is 12.3. The number of carbonyl (C=O) groups is 1. The lowest BCUT2D eigenvalue weighted by Crippen LogP contribution is -2.16. The fraction of sp³-hybridized carbons (Fsp3) is 0.444. The van der Waals surface area contributed by atoms with Gasteiger partial charge in [-0.15, -0.1) is 0 Å². The molecule has 0 bridgehead atoms. The summed E-state index contributed by atoms with van der Waals surface area (Å²) in [5.74, 6) is 0.0964. The molecule has 8 heteroatoms. The van der Waals surface area contributed by atoms with E-state index < -0.39 is 10.0 Å². The van der Waals surface area contributed by atoms with Crippen molar-refractivity contribution in [2.24, 2.45) is 7.05 Å². The van der Waals surface area contributed by atoms with E-state index >= 15 is 0 Å². The van der Waals surface area contributed by atoms with Crippen molar-refractivity contribution in [2.45, 2.75) is 38.0 Å². The molecule has 0 saturated heterocycles. The van der Waals surface area contributed by atoms with Crippen LogP contribution in [0.1, 0.15) is 54.1 Å². The van der Waals surface area contributed by atoms with E-state index in [1.807, 2.05) is 7.05 Å². The van der Waals surface area contributed by atoms with Crippen molar-refractivity contribution in [2.75, 3.05) is 16.3 Å². The molecule has 0 atom stereocenters. The van der Waals surface area contributed by atoms with Gasteiger partial charge in [0, 0.05) is 24.8 Å². The van der Waals surface area contributed by atoms with Crippen LogP contribution < -0.4 is 10.0 Å². The molecule has 1 aromatic carbocycles. The molecule has 1 aliphatic rings. The highest BCUT2D eigenvalue weighted by atomic mass is 32.2. The Balaban J connectivity index is 1.79. The molecule has 140 valence electrons. The minimum absolute atomic E-state index is 0.227. The zero-order valence-corrected chi connectivity index (χ0v) is 15.8. The maximum atomic E-state index is 12.8. The van der Waals surface area contributed by atoms with Crippen molar-refractivity contribution in [1.82, 2.24) is 9.78 Å². The van der Waals surface area contributed by atoms with Gasteiger partial charge in [-0.3, -0.25) is 14.2 Å². The number of nitrogens with zero attached hydrogens (tertiary/aromatic N) is 2. The fourth-order valence-corrected chi connectivity index (χ4v) is 3.99. The summed E-state index contributed by atoms with van der Waals surface area (Å²) in [6.45, 7) is 0. The van der Waals surface area contributed by atoms with E-state index in [0.717, 1.165) is 24.8 Å². The van der Waals surface area contributed by atoms with Crippen LogP contribution in [0.2, 0.25) is 0 Å². The lowest BCUT2D eigenvalue weighted by molar-refractivity contribution is 0.102. The Morgan fingerprint density at radius 2 is 1.88 bits per heavy atom. The predicted molar refractivity (Wildman–Crippen MR) is 102 cm³/mol. The number of anilines is 2. The van der Waals surface area contributed by atoms with Gasteiger partial charge in [-0.1, -0.05) is 25.3 Å². The number of hydrogen-bond donors (Lipinski definition) is 2. The Hall–Kier alpha value is -2.35. The second-order valence-corrected chi connectivity index (χ2v) is 8.59. The van der Waals surface area contributed by atoms with Gasteiger partial charge in [0.25, 0.3) is 5.91 Å². The van der Waals surface area contributed by atoms with Gasteiger partial charge in [-0.25, -0.2) is 8.42 Å². The monoisotopic (exact) mass is 376 g/mol. The molecule has 1 aromatic heterocycles. The Morgan fingerprint density at radius 3 is 2.58 bits per heavy atom. The second kappa shape index (κ2) is 7.49. The van der Waals surface area contributed by atoms with Crippen molar-refractivity contribution in [1.29, 1.82) is 0 Å². The van der Waals surface area contributed by atoms with Crippen LogP contribution in [-0.4, -0.2) is 30.4 Å². The van der Waals surface area contributed by atoms with E-state index in [4.69, 9.17) is 0 Å². The minimum atomic E-state index is -3.37. The molecule has 0 radical (unpaired) electrons. The van der Waals surface area contributed by atoms with Gasteiger partial charge in [0.1, 0.15) is 0 Å². The Morgan fingerprint density at radius 1 is 1.19 bits per heavy atom. The zero-order valence-electron chi connectivity index (χ0n) is 15.0. The van der Waals surface area contributed by atoms with Crippen molar-refractivity contribution in [3.8, 4) is 0 Å². The number of carbonyl (C=O) groups excluding carboxylic acids is 1. The smallest absolute Gasteiger partial charge is 0.259 e. The molecule has 1 amide bonds.